The van der Waals surface area contributed by atoms with Gasteiger partial charge in [0.2, 0.25) is 0 Å². The van der Waals surface area contributed by atoms with Gasteiger partial charge in [-0.3, -0.25) is 0 Å². The summed E-state index contributed by atoms with van der Waals surface area (Å²) in [5, 5.41) is 1.11. The van der Waals surface area contributed by atoms with E-state index in [1.165, 1.54) is 12.0 Å². The summed E-state index contributed by atoms with van der Waals surface area (Å²) >= 11 is 7.03. The molecule has 0 aliphatic heterocycles. The second-order valence-electron chi connectivity index (χ2n) is 3.65. The van der Waals surface area contributed by atoms with Crippen molar-refractivity contribution in [2.24, 2.45) is 5.92 Å². The van der Waals surface area contributed by atoms with Crippen molar-refractivity contribution in [2.75, 3.05) is 12.4 Å². The number of halogens is 2. The quantitative estimate of drug-likeness (QED) is 0.766. The first kappa shape index (κ1) is 10.5. The zero-order valence-corrected chi connectivity index (χ0v) is 11.1. The summed E-state index contributed by atoms with van der Waals surface area (Å²) in [7, 11) is 1.69. The predicted molar refractivity (Wildman–Crippen MR) is 65.3 cm³/mol. The van der Waals surface area contributed by atoms with Crippen LogP contribution in [0, 0.1) is 5.92 Å². The maximum absolute atomic E-state index is 5.20. The molecule has 1 aromatic rings. The highest BCUT2D eigenvalue weighted by Crippen LogP contribution is 2.49. The minimum absolute atomic E-state index is 0.747. The van der Waals surface area contributed by atoms with E-state index in [-0.39, 0.29) is 0 Å². The molecule has 0 spiro atoms. The molecule has 1 aromatic carbocycles. The summed E-state index contributed by atoms with van der Waals surface area (Å²) in [5.74, 6) is 2.48. The Balaban J connectivity index is 2.17. The summed E-state index contributed by atoms with van der Waals surface area (Å²) in [6, 6.07) is 6.37. The molecular formula is C11H12Br2O. The standard InChI is InChI=1S/C11H12Br2O/c1-14-11-3-2-7(5-10(11)13)9-4-8(9)6-12/h2-3,5,8-9H,4,6H2,1H3. The molecule has 0 N–H and O–H groups in total. The van der Waals surface area contributed by atoms with Gasteiger partial charge in [0, 0.05) is 5.33 Å². The Morgan fingerprint density at radius 2 is 2.29 bits per heavy atom. The van der Waals surface area contributed by atoms with E-state index in [2.05, 4.69) is 44.0 Å². The summed E-state index contributed by atoms with van der Waals surface area (Å²) in [5.41, 5.74) is 1.42. The monoisotopic (exact) mass is 318 g/mol. The molecule has 0 saturated heterocycles. The highest BCUT2D eigenvalue weighted by atomic mass is 79.9. The molecule has 14 heavy (non-hydrogen) atoms. The molecule has 76 valence electrons. The van der Waals surface area contributed by atoms with Crippen LogP contribution in [0.2, 0.25) is 0 Å². The van der Waals surface area contributed by atoms with Crippen molar-refractivity contribution in [2.45, 2.75) is 12.3 Å². The van der Waals surface area contributed by atoms with Crippen LogP contribution in [-0.2, 0) is 0 Å². The Morgan fingerprint density at radius 3 is 2.79 bits per heavy atom. The first-order valence-corrected chi connectivity index (χ1v) is 6.57. The van der Waals surface area contributed by atoms with E-state index >= 15 is 0 Å². The third kappa shape index (κ3) is 1.98. The maximum atomic E-state index is 5.20. The largest absolute Gasteiger partial charge is 0.496 e. The van der Waals surface area contributed by atoms with Gasteiger partial charge in [0.05, 0.1) is 11.6 Å². The van der Waals surface area contributed by atoms with Gasteiger partial charge in [-0.05, 0) is 51.9 Å². The van der Waals surface area contributed by atoms with E-state index < -0.39 is 0 Å². The molecule has 3 heteroatoms. The van der Waals surface area contributed by atoms with Crippen molar-refractivity contribution >= 4 is 31.9 Å². The molecular weight excluding hydrogens is 308 g/mol. The highest BCUT2D eigenvalue weighted by molar-refractivity contribution is 9.10. The van der Waals surface area contributed by atoms with Crippen LogP contribution >= 0.6 is 31.9 Å². The van der Waals surface area contributed by atoms with Crippen LogP contribution in [0.15, 0.2) is 22.7 Å². The van der Waals surface area contributed by atoms with E-state index in [0.29, 0.717) is 0 Å². The topological polar surface area (TPSA) is 9.23 Å². The molecule has 1 nitrogen and oxygen atoms in total. The van der Waals surface area contributed by atoms with Gasteiger partial charge >= 0.3 is 0 Å². The van der Waals surface area contributed by atoms with Gasteiger partial charge in [-0.25, -0.2) is 0 Å². The minimum atomic E-state index is 0.747. The highest BCUT2D eigenvalue weighted by Gasteiger charge is 2.37. The fourth-order valence-corrected chi connectivity index (χ4v) is 3.01. The molecule has 0 heterocycles. The molecule has 0 radical (unpaired) electrons. The molecule has 1 saturated carbocycles. The Morgan fingerprint density at radius 1 is 1.50 bits per heavy atom. The van der Waals surface area contributed by atoms with Crippen molar-refractivity contribution in [3.8, 4) is 5.75 Å². The van der Waals surface area contributed by atoms with Crippen LogP contribution in [0.4, 0.5) is 0 Å². The third-order valence-electron chi connectivity index (χ3n) is 2.72. The Bertz CT molecular complexity index is 338. The molecule has 0 aromatic heterocycles. The fraction of sp³-hybridized carbons (Fsp3) is 0.455. The van der Waals surface area contributed by atoms with Gasteiger partial charge in [0.25, 0.3) is 0 Å². The van der Waals surface area contributed by atoms with Crippen molar-refractivity contribution in [3.63, 3.8) is 0 Å². The molecule has 2 unspecified atom stereocenters. The summed E-state index contributed by atoms with van der Waals surface area (Å²) in [4.78, 5) is 0. The molecule has 0 bridgehead atoms. The van der Waals surface area contributed by atoms with Crippen molar-refractivity contribution in [1.82, 2.24) is 0 Å². The number of alkyl halides is 1. The predicted octanol–water partition coefficient (Wildman–Crippen LogP) is 3.96. The summed E-state index contributed by atoms with van der Waals surface area (Å²) in [6.45, 7) is 0. The zero-order chi connectivity index (χ0) is 10.1. The van der Waals surface area contributed by atoms with Crippen LogP contribution in [0.3, 0.4) is 0 Å². The van der Waals surface area contributed by atoms with Crippen LogP contribution in [0.5, 0.6) is 5.75 Å². The van der Waals surface area contributed by atoms with Crippen molar-refractivity contribution < 1.29 is 4.74 Å². The average Bonchev–Trinajstić information content (AvgIpc) is 2.96. The number of ether oxygens (including phenoxy) is 1. The lowest BCUT2D eigenvalue weighted by Gasteiger charge is -2.05. The van der Waals surface area contributed by atoms with Crippen molar-refractivity contribution in [3.05, 3.63) is 28.2 Å². The second-order valence-corrected chi connectivity index (χ2v) is 5.15. The maximum Gasteiger partial charge on any atom is 0.133 e. The van der Waals surface area contributed by atoms with Gasteiger partial charge in [0.15, 0.2) is 0 Å². The van der Waals surface area contributed by atoms with E-state index in [1.54, 1.807) is 7.11 Å². The zero-order valence-electron chi connectivity index (χ0n) is 7.97. The lowest BCUT2D eigenvalue weighted by atomic mass is 10.1. The van der Waals surface area contributed by atoms with Crippen LogP contribution in [0.25, 0.3) is 0 Å². The van der Waals surface area contributed by atoms with Gasteiger partial charge in [-0.15, -0.1) is 0 Å². The first-order valence-electron chi connectivity index (χ1n) is 4.65. The van der Waals surface area contributed by atoms with Crippen LogP contribution < -0.4 is 4.74 Å². The Kier molecular flexibility index (Phi) is 3.17. The Hall–Kier alpha value is -0.0200. The second kappa shape index (κ2) is 4.23. The fourth-order valence-electron chi connectivity index (χ4n) is 1.74. The van der Waals surface area contributed by atoms with E-state index in [9.17, 15) is 0 Å². The lowest BCUT2D eigenvalue weighted by Crippen LogP contribution is -1.88. The third-order valence-corrected chi connectivity index (χ3v) is 4.18. The summed E-state index contributed by atoms with van der Waals surface area (Å²) < 4.78 is 6.25. The van der Waals surface area contributed by atoms with E-state index in [4.69, 9.17) is 4.74 Å². The Labute approximate surface area is 101 Å². The SMILES string of the molecule is COc1ccc(C2CC2CBr)cc1Br. The first-order chi connectivity index (χ1) is 6.76. The van der Waals surface area contributed by atoms with E-state index in [0.717, 1.165) is 27.4 Å². The average molecular weight is 320 g/mol. The number of rotatable bonds is 3. The molecule has 1 aliphatic carbocycles. The van der Waals surface area contributed by atoms with Crippen molar-refractivity contribution in [1.29, 1.82) is 0 Å². The molecule has 1 aliphatic rings. The summed E-state index contributed by atoms with van der Waals surface area (Å²) in [6.07, 6.45) is 1.31. The number of hydrogen-bond donors (Lipinski definition) is 0. The van der Waals surface area contributed by atoms with Crippen LogP contribution in [0.1, 0.15) is 17.9 Å². The smallest absolute Gasteiger partial charge is 0.133 e. The lowest BCUT2D eigenvalue weighted by molar-refractivity contribution is 0.412. The van der Waals surface area contributed by atoms with Crippen LogP contribution in [-0.4, -0.2) is 12.4 Å². The van der Waals surface area contributed by atoms with Gasteiger partial charge in [0.1, 0.15) is 5.75 Å². The number of benzene rings is 1. The number of hydrogen-bond acceptors (Lipinski definition) is 1. The molecule has 2 rings (SSSR count). The van der Waals surface area contributed by atoms with Gasteiger partial charge < -0.3 is 4.74 Å². The molecule has 1 fully saturated rings. The molecule has 2 atom stereocenters. The van der Waals surface area contributed by atoms with Gasteiger partial charge in [-0.2, -0.15) is 0 Å². The minimum Gasteiger partial charge on any atom is -0.496 e. The van der Waals surface area contributed by atoms with E-state index in [1.807, 2.05) is 6.07 Å². The number of methoxy groups -OCH3 is 1. The molecule has 0 amide bonds. The van der Waals surface area contributed by atoms with Gasteiger partial charge in [-0.1, -0.05) is 22.0 Å². The normalized spacial score (nSPS) is 24.8.